The Morgan fingerprint density at radius 1 is 1.12 bits per heavy atom. The minimum Gasteiger partial charge on any atom is -0.378 e. The van der Waals surface area contributed by atoms with Gasteiger partial charge in [-0.2, -0.15) is 5.10 Å². The van der Waals surface area contributed by atoms with E-state index in [0.717, 1.165) is 11.3 Å². The molecule has 0 aliphatic rings. The molecule has 0 aliphatic heterocycles. The van der Waals surface area contributed by atoms with Crippen molar-refractivity contribution in [2.24, 2.45) is 5.10 Å². The lowest BCUT2D eigenvalue weighted by Gasteiger charge is -2.11. The largest absolute Gasteiger partial charge is 0.378 e. The number of nitrogens with one attached hydrogen (secondary N) is 2. The predicted molar refractivity (Wildman–Crippen MR) is 105 cm³/mol. The van der Waals surface area contributed by atoms with E-state index in [-0.39, 0.29) is 24.8 Å². The molecule has 0 atom stereocenters. The molecular formula is C19H21ClN4O2. The minimum atomic E-state index is -0.312. The van der Waals surface area contributed by atoms with Crippen LogP contribution in [0, 0.1) is 0 Å². The van der Waals surface area contributed by atoms with Crippen molar-refractivity contribution in [2.75, 3.05) is 25.5 Å². The number of nitrogens with zero attached hydrogens (tertiary/aromatic N) is 2. The van der Waals surface area contributed by atoms with Crippen molar-refractivity contribution in [3.63, 3.8) is 0 Å². The summed E-state index contributed by atoms with van der Waals surface area (Å²) in [6.45, 7) is 0.197. The zero-order valence-electron chi connectivity index (χ0n) is 14.7. The Morgan fingerprint density at radius 3 is 2.46 bits per heavy atom. The van der Waals surface area contributed by atoms with Crippen molar-refractivity contribution in [1.29, 1.82) is 0 Å². The fourth-order valence-electron chi connectivity index (χ4n) is 2.12. The third kappa shape index (κ3) is 5.89. The van der Waals surface area contributed by atoms with Crippen LogP contribution in [-0.4, -0.2) is 38.7 Å². The van der Waals surface area contributed by atoms with E-state index in [9.17, 15) is 9.59 Å². The summed E-state index contributed by atoms with van der Waals surface area (Å²) < 4.78 is 0. The third-order valence-corrected chi connectivity index (χ3v) is 3.90. The second kappa shape index (κ2) is 9.58. The van der Waals surface area contributed by atoms with Crippen molar-refractivity contribution in [3.8, 4) is 0 Å². The van der Waals surface area contributed by atoms with Gasteiger partial charge in [0, 0.05) is 32.7 Å². The molecule has 0 unspecified atom stereocenters. The molecule has 7 heteroatoms. The molecule has 0 spiro atoms. The van der Waals surface area contributed by atoms with Crippen molar-refractivity contribution in [3.05, 3.63) is 64.7 Å². The average molecular weight is 373 g/mol. The molecule has 0 saturated heterocycles. The van der Waals surface area contributed by atoms with Gasteiger partial charge in [-0.15, -0.1) is 0 Å². The van der Waals surface area contributed by atoms with Gasteiger partial charge in [0.25, 0.3) is 5.91 Å². The third-order valence-electron chi connectivity index (χ3n) is 3.57. The summed E-state index contributed by atoms with van der Waals surface area (Å²) >= 11 is 5.95. The van der Waals surface area contributed by atoms with Gasteiger partial charge in [-0.3, -0.25) is 9.59 Å². The molecular weight excluding hydrogens is 352 g/mol. The summed E-state index contributed by atoms with van der Waals surface area (Å²) in [6, 6.07) is 14.5. The van der Waals surface area contributed by atoms with Crippen LogP contribution in [0.4, 0.5) is 5.69 Å². The summed E-state index contributed by atoms with van der Waals surface area (Å²) in [4.78, 5) is 25.7. The predicted octanol–water partition coefficient (Wildman–Crippen LogP) is 2.68. The Hall–Kier alpha value is -2.86. The van der Waals surface area contributed by atoms with Gasteiger partial charge in [-0.05, 0) is 29.8 Å². The smallest absolute Gasteiger partial charge is 0.252 e. The van der Waals surface area contributed by atoms with E-state index in [2.05, 4.69) is 15.8 Å². The van der Waals surface area contributed by atoms with Gasteiger partial charge in [0.2, 0.25) is 5.91 Å². The second-order valence-electron chi connectivity index (χ2n) is 5.76. The normalized spacial score (nSPS) is 10.6. The van der Waals surface area contributed by atoms with E-state index in [4.69, 9.17) is 11.6 Å². The van der Waals surface area contributed by atoms with Crippen LogP contribution in [0.1, 0.15) is 22.3 Å². The molecule has 6 nitrogen and oxygen atoms in total. The topological polar surface area (TPSA) is 73.8 Å². The van der Waals surface area contributed by atoms with Gasteiger partial charge in [0.1, 0.15) is 0 Å². The lowest BCUT2D eigenvalue weighted by atomic mass is 10.2. The SMILES string of the molecule is CN(C)c1ccc(/C=N\NC(=O)CCNC(=O)c2ccccc2Cl)cc1. The van der Waals surface area contributed by atoms with Gasteiger partial charge in [-0.1, -0.05) is 35.9 Å². The zero-order chi connectivity index (χ0) is 18.9. The first-order valence-electron chi connectivity index (χ1n) is 8.09. The van der Waals surface area contributed by atoms with E-state index in [1.165, 1.54) is 0 Å². The van der Waals surface area contributed by atoms with E-state index in [1.807, 2.05) is 43.3 Å². The van der Waals surface area contributed by atoms with Crippen molar-refractivity contribution in [1.82, 2.24) is 10.7 Å². The van der Waals surface area contributed by atoms with Crippen molar-refractivity contribution in [2.45, 2.75) is 6.42 Å². The summed E-state index contributed by atoms with van der Waals surface area (Å²) in [5.74, 6) is -0.599. The van der Waals surface area contributed by atoms with Crippen LogP contribution >= 0.6 is 11.6 Å². The highest BCUT2D eigenvalue weighted by atomic mass is 35.5. The van der Waals surface area contributed by atoms with Crippen LogP contribution < -0.4 is 15.6 Å². The lowest BCUT2D eigenvalue weighted by molar-refractivity contribution is -0.120. The molecule has 2 rings (SSSR count). The van der Waals surface area contributed by atoms with E-state index >= 15 is 0 Å². The molecule has 0 fully saturated rings. The molecule has 0 bridgehead atoms. The lowest BCUT2D eigenvalue weighted by Crippen LogP contribution is -2.29. The highest BCUT2D eigenvalue weighted by Gasteiger charge is 2.09. The van der Waals surface area contributed by atoms with Gasteiger partial charge in [0.05, 0.1) is 16.8 Å². The summed E-state index contributed by atoms with van der Waals surface area (Å²) in [5, 5.41) is 6.94. The average Bonchev–Trinajstić information content (AvgIpc) is 2.62. The number of amides is 2. The Kier molecular flexibility index (Phi) is 7.17. The van der Waals surface area contributed by atoms with Crippen LogP contribution in [-0.2, 0) is 4.79 Å². The highest BCUT2D eigenvalue weighted by molar-refractivity contribution is 6.33. The van der Waals surface area contributed by atoms with Crippen LogP contribution in [0.3, 0.4) is 0 Å². The number of hydrazone groups is 1. The maximum absolute atomic E-state index is 12.0. The fourth-order valence-corrected chi connectivity index (χ4v) is 2.34. The van der Waals surface area contributed by atoms with Crippen LogP contribution in [0.25, 0.3) is 0 Å². The monoisotopic (exact) mass is 372 g/mol. The van der Waals surface area contributed by atoms with Gasteiger partial charge >= 0.3 is 0 Å². The Balaban J connectivity index is 1.73. The molecule has 2 amide bonds. The Labute approximate surface area is 157 Å². The highest BCUT2D eigenvalue weighted by Crippen LogP contribution is 2.14. The first kappa shape index (κ1) is 19.5. The zero-order valence-corrected chi connectivity index (χ0v) is 15.5. The number of hydrogen-bond acceptors (Lipinski definition) is 4. The first-order valence-corrected chi connectivity index (χ1v) is 8.47. The Bertz CT molecular complexity index is 788. The molecule has 0 aliphatic carbocycles. The summed E-state index contributed by atoms with van der Waals surface area (Å²) in [6.07, 6.45) is 1.69. The molecule has 2 aromatic carbocycles. The molecule has 0 radical (unpaired) electrons. The van der Waals surface area contributed by atoms with Crippen LogP contribution in [0.5, 0.6) is 0 Å². The van der Waals surface area contributed by atoms with Gasteiger partial charge in [0.15, 0.2) is 0 Å². The number of benzene rings is 2. The number of rotatable bonds is 7. The summed E-state index contributed by atoms with van der Waals surface area (Å²) in [5.41, 5.74) is 4.78. The van der Waals surface area contributed by atoms with E-state index in [1.54, 1.807) is 30.5 Å². The first-order chi connectivity index (χ1) is 12.5. The summed E-state index contributed by atoms with van der Waals surface area (Å²) in [7, 11) is 3.93. The van der Waals surface area contributed by atoms with Crippen LogP contribution in [0.2, 0.25) is 5.02 Å². The number of carbonyl (C=O) groups is 2. The molecule has 0 heterocycles. The van der Waals surface area contributed by atoms with Crippen molar-refractivity contribution >= 4 is 35.3 Å². The quantitative estimate of drug-likeness (QED) is 0.579. The molecule has 2 N–H and O–H groups in total. The molecule has 26 heavy (non-hydrogen) atoms. The molecule has 136 valence electrons. The number of anilines is 1. The Morgan fingerprint density at radius 2 is 1.81 bits per heavy atom. The number of hydrogen-bond donors (Lipinski definition) is 2. The van der Waals surface area contributed by atoms with Gasteiger partial charge in [-0.25, -0.2) is 5.43 Å². The molecule has 2 aromatic rings. The maximum atomic E-state index is 12.0. The molecule has 0 aromatic heterocycles. The van der Waals surface area contributed by atoms with Gasteiger partial charge < -0.3 is 10.2 Å². The number of halogens is 1. The standard InChI is InChI=1S/C19H21ClN4O2/c1-24(2)15-9-7-14(8-10-15)13-22-23-18(25)11-12-21-19(26)16-5-3-4-6-17(16)20/h3-10,13H,11-12H2,1-2H3,(H,21,26)(H,23,25)/b22-13-. The minimum absolute atomic E-state index is 0.118. The second-order valence-corrected chi connectivity index (χ2v) is 6.17. The van der Waals surface area contributed by atoms with E-state index in [0.29, 0.717) is 10.6 Å². The van der Waals surface area contributed by atoms with Crippen LogP contribution in [0.15, 0.2) is 53.6 Å². The maximum Gasteiger partial charge on any atom is 0.252 e. The number of carbonyl (C=O) groups excluding carboxylic acids is 2. The van der Waals surface area contributed by atoms with Crippen molar-refractivity contribution < 1.29 is 9.59 Å². The molecule has 0 saturated carbocycles. The van der Waals surface area contributed by atoms with E-state index < -0.39 is 0 Å². The fraction of sp³-hybridized carbons (Fsp3) is 0.211.